The molecule has 0 aliphatic carbocycles. The van der Waals surface area contributed by atoms with Crippen LogP contribution in [0.1, 0.15) is 19.3 Å². The number of nitriles is 1. The van der Waals surface area contributed by atoms with Gasteiger partial charge in [-0.1, -0.05) is 0 Å². The fourth-order valence-corrected chi connectivity index (χ4v) is 0.874. The highest BCUT2D eigenvalue weighted by Crippen LogP contribution is 2.00. The van der Waals surface area contributed by atoms with Crippen LogP contribution in [0.2, 0.25) is 0 Å². The molecule has 1 atom stereocenters. The molecule has 0 rings (SSSR count). The summed E-state index contributed by atoms with van der Waals surface area (Å²) in [6.07, 6.45) is 4.51. The van der Waals surface area contributed by atoms with E-state index in [0.717, 1.165) is 4.90 Å². The van der Waals surface area contributed by atoms with Crippen LogP contribution in [-0.2, 0) is 9.59 Å². The van der Waals surface area contributed by atoms with E-state index in [1.54, 1.807) is 6.19 Å². The number of hydrogen-bond acceptors (Lipinski definition) is 4. The van der Waals surface area contributed by atoms with Gasteiger partial charge in [0.05, 0.1) is 0 Å². The maximum absolute atomic E-state index is 10.3. The second kappa shape index (κ2) is 6.86. The largest absolute Gasteiger partial charge is 0.480 e. The molecule has 3 N–H and O–H groups in total. The molecule has 6 heteroatoms. The Hall–Kier alpha value is -1.61. The zero-order valence-electron chi connectivity index (χ0n) is 7.64. The van der Waals surface area contributed by atoms with Crippen LogP contribution < -0.4 is 5.73 Å². The number of rotatable bonds is 7. The van der Waals surface area contributed by atoms with Crippen LogP contribution in [-0.4, -0.2) is 35.0 Å². The molecule has 14 heavy (non-hydrogen) atoms. The summed E-state index contributed by atoms with van der Waals surface area (Å²) in [4.78, 5) is 21.1. The molecule has 77 valence electrons. The highest BCUT2D eigenvalue weighted by atomic mass is 16.4. The van der Waals surface area contributed by atoms with Gasteiger partial charge >= 0.3 is 12.4 Å². The monoisotopic (exact) mass is 198 g/mol. The molecule has 0 heterocycles. The number of aliphatic carboxylic acids is 1. The zero-order valence-corrected chi connectivity index (χ0v) is 7.64. The third kappa shape index (κ3) is 5.11. The maximum atomic E-state index is 10.3. The van der Waals surface area contributed by atoms with Gasteiger partial charge in [-0.2, -0.15) is 5.26 Å². The number of nitrogens with zero attached hydrogens (tertiary/aromatic N) is 2. The van der Waals surface area contributed by atoms with Crippen LogP contribution in [0.5, 0.6) is 0 Å². The van der Waals surface area contributed by atoms with Gasteiger partial charge in [-0.25, -0.2) is 4.90 Å². The summed E-state index contributed by atoms with van der Waals surface area (Å²) >= 11 is 0. The second-order valence-corrected chi connectivity index (χ2v) is 2.78. The molecule has 0 saturated heterocycles. The lowest BCUT2D eigenvalue weighted by Gasteiger charge is -2.07. The van der Waals surface area contributed by atoms with E-state index >= 15 is 0 Å². The van der Waals surface area contributed by atoms with Crippen molar-refractivity contribution in [1.82, 2.24) is 4.90 Å². The minimum absolute atomic E-state index is 0.256. The van der Waals surface area contributed by atoms with Gasteiger partial charge in [0, 0.05) is 6.54 Å². The molecule has 0 spiro atoms. The van der Waals surface area contributed by atoms with E-state index in [1.165, 1.54) is 6.41 Å². The van der Waals surface area contributed by atoms with Crippen molar-refractivity contribution < 1.29 is 14.7 Å². The quantitative estimate of drug-likeness (QED) is 0.323. The molecule has 0 aromatic heterocycles. The van der Waals surface area contributed by atoms with E-state index in [-0.39, 0.29) is 6.54 Å². The Morgan fingerprint density at radius 2 is 2.21 bits per heavy atom. The molecule has 0 aromatic carbocycles. The summed E-state index contributed by atoms with van der Waals surface area (Å²) in [6.45, 7) is 0.256. The molecule has 6 nitrogen and oxygen atoms in total. The fraction of sp³-hybridized carbons (Fsp3) is 0.625. The van der Waals surface area contributed by atoms with Gasteiger partial charge < -0.3 is 10.8 Å². The number of amides is 1. The van der Waals surface area contributed by atoms with Crippen molar-refractivity contribution in [1.29, 1.82) is 5.26 Å². The average molecular weight is 198 g/mol. The van der Waals surface area contributed by atoms with E-state index in [2.05, 4.69) is 0 Å². The Bertz CT molecular complexity index is 236. The Balaban J connectivity index is 3.52. The van der Waals surface area contributed by atoms with Crippen LogP contribution in [0.4, 0.5) is 0 Å². The Morgan fingerprint density at radius 3 is 2.64 bits per heavy atom. The third-order valence-corrected chi connectivity index (χ3v) is 1.69. The minimum Gasteiger partial charge on any atom is -0.480 e. The highest BCUT2D eigenvalue weighted by molar-refractivity contribution is 5.72. The first-order chi connectivity index (χ1) is 6.61. The highest BCUT2D eigenvalue weighted by Gasteiger charge is 2.10. The molecular formula is C8H12N3O3. The number of unbranched alkanes of at least 4 members (excludes halogenated alkanes) is 1. The normalized spacial score (nSPS) is 11.4. The Kier molecular flexibility index (Phi) is 6.07. The SMILES string of the molecule is N#CN([C]=O)CCCCC(N)C(=O)O. The van der Waals surface area contributed by atoms with Crippen molar-refractivity contribution >= 4 is 12.4 Å². The summed E-state index contributed by atoms with van der Waals surface area (Å²) in [7, 11) is 0. The molecule has 0 saturated carbocycles. The van der Waals surface area contributed by atoms with Crippen molar-refractivity contribution in [3.05, 3.63) is 0 Å². The maximum Gasteiger partial charge on any atom is 0.326 e. The molecular weight excluding hydrogens is 186 g/mol. The van der Waals surface area contributed by atoms with E-state index in [1.807, 2.05) is 0 Å². The average Bonchev–Trinajstić information content (AvgIpc) is 2.17. The lowest BCUT2D eigenvalue weighted by molar-refractivity contribution is -0.138. The molecule has 0 bridgehead atoms. The first-order valence-electron chi connectivity index (χ1n) is 4.15. The van der Waals surface area contributed by atoms with Gasteiger partial charge in [0.15, 0.2) is 6.19 Å². The van der Waals surface area contributed by atoms with Crippen LogP contribution >= 0.6 is 0 Å². The smallest absolute Gasteiger partial charge is 0.326 e. The summed E-state index contributed by atoms with van der Waals surface area (Å²) < 4.78 is 0. The van der Waals surface area contributed by atoms with E-state index in [4.69, 9.17) is 16.1 Å². The van der Waals surface area contributed by atoms with Crippen molar-refractivity contribution in [3.8, 4) is 6.19 Å². The van der Waals surface area contributed by atoms with Crippen molar-refractivity contribution in [2.24, 2.45) is 5.73 Å². The number of carbonyl (C=O) groups excluding carboxylic acids is 1. The van der Waals surface area contributed by atoms with Crippen molar-refractivity contribution in [2.75, 3.05) is 6.54 Å². The molecule has 1 radical (unpaired) electrons. The number of carboxylic acids is 1. The first kappa shape index (κ1) is 12.4. The summed E-state index contributed by atoms with van der Waals surface area (Å²) in [5.74, 6) is -1.04. The standard InChI is InChI=1S/C8H12N3O3/c9-5-11(6-12)4-2-1-3-7(10)8(13)14/h7H,1-4,10H2,(H,13,14). The van der Waals surface area contributed by atoms with Gasteiger partial charge in [0.1, 0.15) is 6.04 Å². The molecule has 1 amide bonds. The predicted octanol–water partition coefficient (Wildman–Crippen LogP) is -0.581. The number of carboxylic acid groups (broad SMARTS) is 1. The third-order valence-electron chi connectivity index (χ3n) is 1.69. The summed E-state index contributed by atoms with van der Waals surface area (Å²) in [5, 5.41) is 16.8. The van der Waals surface area contributed by atoms with Gasteiger partial charge in [0.2, 0.25) is 0 Å². The summed E-state index contributed by atoms with van der Waals surface area (Å²) in [6, 6.07) is -0.870. The minimum atomic E-state index is -1.04. The predicted molar refractivity (Wildman–Crippen MR) is 47.5 cm³/mol. The zero-order chi connectivity index (χ0) is 11.0. The van der Waals surface area contributed by atoms with Crippen molar-refractivity contribution in [3.63, 3.8) is 0 Å². The van der Waals surface area contributed by atoms with Crippen LogP contribution in [0.15, 0.2) is 0 Å². The Labute approximate surface area is 81.9 Å². The van der Waals surface area contributed by atoms with Crippen LogP contribution in [0.3, 0.4) is 0 Å². The lowest BCUT2D eigenvalue weighted by Crippen LogP contribution is -2.30. The van der Waals surface area contributed by atoms with E-state index in [9.17, 15) is 9.59 Å². The van der Waals surface area contributed by atoms with Crippen LogP contribution in [0, 0.1) is 11.5 Å². The van der Waals surface area contributed by atoms with E-state index < -0.39 is 12.0 Å². The molecule has 1 unspecified atom stereocenters. The number of carbonyl (C=O) groups is 1. The van der Waals surface area contributed by atoms with Gasteiger partial charge in [0.25, 0.3) is 0 Å². The molecule has 0 aliphatic heterocycles. The van der Waals surface area contributed by atoms with Crippen LogP contribution in [0.25, 0.3) is 0 Å². The van der Waals surface area contributed by atoms with Gasteiger partial charge in [-0.15, -0.1) is 0 Å². The summed E-state index contributed by atoms with van der Waals surface area (Å²) in [5.41, 5.74) is 5.24. The first-order valence-corrected chi connectivity index (χ1v) is 4.15. The molecule has 0 aromatic rings. The number of nitrogens with two attached hydrogens (primary N) is 1. The Morgan fingerprint density at radius 1 is 1.57 bits per heavy atom. The van der Waals surface area contributed by atoms with Crippen molar-refractivity contribution in [2.45, 2.75) is 25.3 Å². The molecule has 0 fully saturated rings. The van der Waals surface area contributed by atoms with Gasteiger partial charge in [-0.3, -0.25) is 9.59 Å². The fourth-order valence-electron chi connectivity index (χ4n) is 0.874. The lowest BCUT2D eigenvalue weighted by atomic mass is 10.1. The second-order valence-electron chi connectivity index (χ2n) is 2.78. The topological polar surface area (TPSA) is 107 Å². The number of hydrogen-bond donors (Lipinski definition) is 2. The molecule has 0 aliphatic rings. The van der Waals surface area contributed by atoms with Gasteiger partial charge in [-0.05, 0) is 19.3 Å². The van der Waals surface area contributed by atoms with E-state index in [0.29, 0.717) is 19.3 Å².